The van der Waals surface area contributed by atoms with Gasteiger partial charge in [0.05, 0.1) is 23.3 Å². The molecule has 1 aliphatic carbocycles. The molecule has 1 fully saturated rings. The molecule has 1 aromatic carbocycles. The summed E-state index contributed by atoms with van der Waals surface area (Å²) in [5, 5.41) is 3.05. The van der Waals surface area contributed by atoms with Gasteiger partial charge in [-0.15, -0.1) is 0 Å². The number of amides is 1. The van der Waals surface area contributed by atoms with Gasteiger partial charge < -0.3 is 15.0 Å². The Bertz CT molecular complexity index is 1300. The Kier molecular flexibility index (Phi) is 7.58. The van der Waals surface area contributed by atoms with Crippen molar-refractivity contribution in [2.45, 2.75) is 32.5 Å². The Morgan fingerprint density at radius 1 is 1.16 bits per heavy atom. The molecule has 2 aliphatic rings. The summed E-state index contributed by atoms with van der Waals surface area (Å²) < 4.78 is 5.13. The van der Waals surface area contributed by atoms with Crippen molar-refractivity contribution in [1.29, 1.82) is 0 Å². The van der Waals surface area contributed by atoms with Gasteiger partial charge in [0.15, 0.2) is 0 Å². The van der Waals surface area contributed by atoms with E-state index in [1.165, 1.54) is 5.56 Å². The normalized spacial score (nSPS) is 21.1. The van der Waals surface area contributed by atoms with Crippen LogP contribution in [0.15, 0.2) is 67.2 Å². The van der Waals surface area contributed by atoms with Crippen LogP contribution in [0.25, 0.3) is 16.6 Å². The van der Waals surface area contributed by atoms with Crippen molar-refractivity contribution >= 4 is 28.3 Å². The van der Waals surface area contributed by atoms with Crippen molar-refractivity contribution < 1.29 is 9.53 Å². The molecule has 0 spiro atoms. The van der Waals surface area contributed by atoms with E-state index in [0.717, 1.165) is 60.7 Å². The third-order valence-corrected chi connectivity index (χ3v) is 7.21. The summed E-state index contributed by atoms with van der Waals surface area (Å²) in [6, 6.07) is 10.3. The van der Waals surface area contributed by atoms with E-state index >= 15 is 0 Å². The van der Waals surface area contributed by atoms with Crippen molar-refractivity contribution in [3.8, 4) is 0 Å². The predicted molar refractivity (Wildman–Crippen MR) is 146 cm³/mol. The highest BCUT2D eigenvalue weighted by Crippen LogP contribution is 2.27. The van der Waals surface area contributed by atoms with Crippen LogP contribution in [0.5, 0.6) is 0 Å². The van der Waals surface area contributed by atoms with E-state index in [1.54, 1.807) is 14.0 Å². The third kappa shape index (κ3) is 5.87. The topological polar surface area (TPSA) is 83.5 Å². The van der Waals surface area contributed by atoms with Crippen molar-refractivity contribution in [1.82, 2.24) is 25.2 Å². The van der Waals surface area contributed by atoms with Gasteiger partial charge in [-0.3, -0.25) is 19.7 Å². The zero-order valence-corrected chi connectivity index (χ0v) is 21.7. The molecule has 8 nitrogen and oxygen atoms in total. The fraction of sp³-hybridized carbons (Fsp3) is 0.379. The first-order valence-electron chi connectivity index (χ1n) is 12.9. The molecule has 8 heteroatoms. The maximum atomic E-state index is 12.2. The lowest BCUT2D eigenvalue weighted by Crippen LogP contribution is -2.46. The van der Waals surface area contributed by atoms with E-state index < -0.39 is 6.10 Å². The summed E-state index contributed by atoms with van der Waals surface area (Å²) in [4.78, 5) is 30.9. The molecule has 0 saturated carbocycles. The van der Waals surface area contributed by atoms with Gasteiger partial charge in [-0.05, 0) is 47.7 Å². The van der Waals surface area contributed by atoms with Gasteiger partial charge in [-0.1, -0.05) is 37.3 Å². The average Bonchev–Trinajstić information content (AvgIpc) is 2.94. The van der Waals surface area contributed by atoms with Gasteiger partial charge in [-0.25, -0.2) is 4.98 Å². The van der Waals surface area contributed by atoms with Crippen LogP contribution in [0.1, 0.15) is 25.0 Å². The zero-order chi connectivity index (χ0) is 25.8. The molecule has 3 unspecified atom stereocenters. The SMILES string of the molecule is COC(C)C(=O)NC1C=CC(c2ccc3ncc(N4CCN(Cc5cccnc5)CC4)nc3c2)=CC1C. The first kappa shape index (κ1) is 25.0. The molecular weight excluding hydrogens is 464 g/mol. The summed E-state index contributed by atoms with van der Waals surface area (Å²) in [7, 11) is 1.54. The molecule has 1 amide bonds. The summed E-state index contributed by atoms with van der Waals surface area (Å²) in [5.74, 6) is 0.971. The Balaban J connectivity index is 1.26. The minimum Gasteiger partial charge on any atom is -0.372 e. The molecule has 0 bridgehead atoms. The maximum absolute atomic E-state index is 12.2. The van der Waals surface area contributed by atoms with Gasteiger partial charge in [0.25, 0.3) is 0 Å². The highest BCUT2D eigenvalue weighted by atomic mass is 16.5. The van der Waals surface area contributed by atoms with Crippen LogP contribution in [-0.4, -0.2) is 71.2 Å². The van der Waals surface area contributed by atoms with Gasteiger partial charge in [0.1, 0.15) is 11.9 Å². The summed E-state index contributed by atoms with van der Waals surface area (Å²) in [5.41, 5.74) is 5.23. The number of methoxy groups -OCH3 is 1. The standard InChI is InChI=1S/C29H34N6O2/c1-20-15-23(6-8-25(20)33-29(36)21(2)37-3)24-7-9-26-27(16-24)32-28(18-31-26)35-13-11-34(12-14-35)19-22-5-4-10-30-17-22/h4-10,15-18,20-21,25H,11-14,19H2,1-3H3,(H,33,36). The van der Waals surface area contributed by atoms with Crippen LogP contribution in [0.3, 0.4) is 0 Å². The maximum Gasteiger partial charge on any atom is 0.249 e. The fourth-order valence-electron chi connectivity index (χ4n) is 4.80. The van der Waals surface area contributed by atoms with E-state index in [0.29, 0.717) is 0 Å². The van der Waals surface area contributed by atoms with Gasteiger partial charge >= 0.3 is 0 Å². The first-order valence-corrected chi connectivity index (χ1v) is 12.9. The van der Waals surface area contributed by atoms with Crippen LogP contribution < -0.4 is 10.2 Å². The Morgan fingerprint density at radius 3 is 2.73 bits per heavy atom. The van der Waals surface area contributed by atoms with E-state index in [2.05, 4.69) is 63.5 Å². The van der Waals surface area contributed by atoms with Crippen LogP contribution in [0, 0.1) is 5.92 Å². The first-order chi connectivity index (χ1) is 18.0. The van der Waals surface area contributed by atoms with Crippen LogP contribution in [0.2, 0.25) is 0 Å². The number of nitrogens with one attached hydrogen (secondary N) is 1. The van der Waals surface area contributed by atoms with E-state index in [9.17, 15) is 4.79 Å². The second-order valence-electron chi connectivity index (χ2n) is 9.81. The van der Waals surface area contributed by atoms with Crippen molar-refractivity contribution in [3.05, 3.63) is 78.3 Å². The molecule has 5 rings (SSSR count). The number of carbonyl (C=O) groups is 1. The largest absolute Gasteiger partial charge is 0.372 e. The summed E-state index contributed by atoms with van der Waals surface area (Å²) >= 11 is 0. The Morgan fingerprint density at radius 2 is 2.00 bits per heavy atom. The number of fused-ring (bicyclic) bond motifs is 1. The monoisotopic (exact) mass is 498 g/mol. The van der Waals surface area contributed by atoms with Crippen LogP contribution in [-0.2, 0) is 16.1 Å². The van der Waals surface area contributed by atoms with Gasteiger partial charge in [-0.2, -0.15) is 0 Å². The molecule has 192 valence electrons. The molecule has 3 aromatic rings. The van der Waals surface area contributed by atoms with Crippen molar-refractivity contribution in [2.24, 2.45) is 5.92 Å². The second-order valence-corrected chi connectivity index (χ2v) is 9.81. The number of hydrogen-bond acceptors (Lipinski definition) is 7. The molecular formula is C29H34N6O2. The van der Waals surface area contributed by atoms with Crippen molar-refractivity contribution in [3.63, 3.8) is 0 Å². The Hall–Kier alpha value is -3.62. The molecule has 1 aliphatic heterocycles. The summed E-state index contributed by atoms with van der Waals surface area (Å²) in [6.07, 6.45) is 11.5. The van der Waals surface area contributed by atoms with Gasteiger partial charge in [0, 0.05) is 52.2 Å². The molecule has 1 N–H and O–H groups in total. The molecule has 37 heavy (non-hydrogen) atoms. The lowest BCUT2D eigenvalue weighted by atomic mass is 9.89. The number of rotatable bonds is 7. The number of carbonyl (C=O) groups excluding carboxylic acids is 1. The number of benzene rings is 1. The Labute approximate surface area is 218 Å². The molecule has 1 saturated heterocycles. The number of nitrogens with zero attached hydrogens (tertiary/aromatic N) is 5. The lowest BCUT2D eigenvalue weighted by molar-refractivity contribution is -0.130. The van der Waals surface area contributed by atoms with E-state index in [-0.39, 0.29) is 17.9 Å². The van der Waals surface area contributed by atoms with Gasteiger partial charge in [0.2, 0.25) is 5.91 Å². The number of ether oxygens (including phenoxy) is 1. The molecule has 3 atom stereocenters. The quantitative estimate of drug-likeness (QED) is 0.534. The number of piperazine rings is 1. The number of hydrogen-bond donors (Lipinski definition) is 1. The van der Waals surface area contributed by atoms with E-state index in [4.69, 9.17) is 14.7 Å². The second kappa shape index (κ2) is 11.2. The van der Waals surface area contributed by atoms with E-state index in [1.807, 2.05) is 30.7 Å². The fourth-order valence-corrected chi connectivity index (χ4v) is 4.80. The highest BCUT2D eigenvalue weighted by Gasteiger charge is 2.23. The lowest BCUT2D eigenvalue weighted by Gasteiger charge is -2.35. The van der Waals surface area contributed by atoms with Crippen LogP contribution >= 0.6 is 0 Å². The smallest absolute Gasteiger partial charge is 0.249 e. The number of pyridine rings is 1. The van der Waals surface area contributed by atoms with Crippen LogP contribution in [0.4, 0.5) is 5.82 Å². The zero-order valence-electron chi connectivity index (χ0n) is 21.7. The highest BCUT2D eigenvalue weighted by molar-refractivity contribution is 5.85. The minimum atomic E-state index is -0.469. The average molecular weight is 499 g/mol. The molecule has 3 heterocycles. The third-order valence-electron chi connectivity index (χ3n) is 7.21. The number of anilines is 1. The number of allylic oxidation sites excluding steroid dienone is 2. The molecule has 2 aromatic heterocycles. The molecule has 0 radical (unpaired) electrons. The van der Waals surface area contributed by atoms with Crippen molar-refractivity contribution in [2.75, 3.05) is 38.2 Å². The predicted octanol–water partition coefficient (Wildman–Crippen LogP) is 3.46. The number of aromatic nitrogens is 3. The minimum absolute atomic E-state index is 0.0579. The summed E-state index contributed by atoms with van der Waals surface area (Å²) in [6.45, 7) is 8.57.